The van der Waals surface area contributed by atoms with E-state index in [1.54, 1.807) is 0 Å². The van der Waals surface area contributed by atoms with Crippen LogP contribution in [0.5, 0.6) is 0 Å². The topological polar surface area (TPSA) is 31.9 Å². The van der Waals surface area contributed by atoms with E-state index in [1.807, 2.05) is 0 Å². The molecule has 0 aliphatic rings. The average molecular weight is 144 g/mol. The Kier molecular flexibility index (Phi) is 4.65. The van der Waals surface area contributed by atoms with Crippen molar-refractivity contribution in [2.75, 3.05) is 13.3 Å². The van der Waals surface area contributed by atoms with Crippen molar-refractivity contribution in [2.24, 2.45) is 5.41 Å². The van der Waals surface area contributed by atoms with E-state index in [-0.39, 0.29) is 6.73 Å². The Bertz CT molecular complexity index is 75.8. The molecule has 0 bridgehead atoms. The van der Waals surface area contributed by atoms with E-state index in [9.17, 15) is 5.11 Å². The van der Waals surface area contributed by atoms with E-state index in [1.165, 1.54) is 6.42 Å². The van der Waals surface area contributed by atoms with Crippen LogP contribution in [0.1, 0.15) is 33.6 Å². The second-order valence-electron chi connectivity index (χ2n) is 3.81. The van der Waals surface area contributed by atoms with Crippen molar-refractivity contribution in [1.29, 1.82) is 0 Å². The van der Waals surface area contributed by atoms with Gasteiger partial charge in [0.15, 0.2) is 0 Å². The van der Waals surface area contributed by atoms with Crippen LogP contribution in [-0.4, -0.2) is 13.3 Å². The standard InChI is InChI=1S/C8H18NO/c1-8(2,3)5-4-6-9-7-10/h9H,4-7H2,1-3H3. The first-order chi connectivity index (χ1) is 4.56. The van der Waals surface area contributed by atoms with Crippen molar-refractivity contribution in [1.82, 2.24) is 5.32 Å². The van der Waals surface area contributed by atoms with Gasteiger partial charge in [0.05, 0.1) is 0 Å². The Hall–Kier alpha value is -0.0800. The molecular weight excluding hydrogens is 126 g/mol. The summed E-state index contributed by atoms with van der Waals surface area (Å²) >= 11 is 0. The molecule has 0 heterocycles. The molecule has 0 rings (SSSR count). The molecule has 0 saturated heterocycles. The molecule has 0 aromatic rings. The van der Waals surface area contributed by atoms with Gasteiger partial charge in [-0.2, -0.15) is 0 Å². The summed E-state index contributed by atoms with van der Waals surface area (Å²) in [4.78, 5) is 0. The molecule has 61 valence electrons. The zero-order chi connectivity index (χ0) is 8.04. The minimum absolute atomic E-state index is 0.149. The first kappa shape index (κ1) is 9.92. The molecule has 0 amide bonds. The minimum atomic E-state index is -0.149. The molecule has 0 saturated carbocycles. The summed E-state index contributed by atoms with van der Waals surface area (Å²) in [6.07, 6.45) is 2.28. The second-order valence-corrected chi connectivity index (χ2v) is 3.81. The number of hydrogen-bond donors (Lipinski definition) is 1. The van der Waals surface area contributed by atoms with Crippen LogP contribution >= 0.6 is 0 Å². The molecule has 0 atom stereocenters. The highest BCUT2D eigenvalue weighted by Crippen LogP contribution is 2.19. The SMILES string of the molecule is CC(C)(C)CCCNC[O]. The lowest BCUT2D eigenvalue weighted by Gasteiger charge is -2.17. The first-order valence-electron chi connectivity index (χ1n) is 3.85. The van der Waals surface area contributed by atoms with Gasteiger partial charge in [0.1, 0.15) is 6.73 Å². The van der Waals surface area contributed by atoms with Crippen LogP contribution in [0.15, 0.2) is 0 Å². The maximum absolute atomic E-state index is 9.94. The van der Waals surface area contributed by atoms with Crippen molar-refractivity contribution in [3.8, 4) is 0 Å². The van der Waals surface area contributed by atoms with Gasteiger partial charge in [-0.25, -0.2) is 5.11 Å². The molecule has 0 spiro atoms. The quantitative estimate of drug-likeness (QED) is 0.473. The highest BCUT2D eigenvalue weighted by Gasteiger charge is 2.08. The Labute approximate surface area is 63.6 Å². The third-order valence-electron chi connectivity index (χ3n) is 1.38. The minimum Gasteiger partial charge on any atom is -0.292 e. The maximum Gasteiger partial charge on any atom is 0.133 e. The van der Waals surface area contributed by atoms with Crippen molar-refractivity contribution in [3.63, 3.8) is 0 Å². The summed E-state index contributed by atoms with van der Waals surface area (Å²) in [6.45, 7) is 7.35. The molecular formula is C8H18NO. The van der Waals surface area contributed by atoms with Crippen LogP contribution in [0.4, 0.5) is 0 Å². The molecule has 0 aromatic carbocycles. The summed E-state index contributed by atoms with van der Waals surface area (Å²) in [5, 5.41) is 12.7. The first-order valence-corrected chi connectivity index (χ1v) is 3.85. The molecule has 0 aromatic heterocycles. The zero-order valence-electron chi connectivity index (χ0n) is 7.24. The Morgan fingerprint density at radius 3 is 2.30 bits per heavy atom. The summed E-state index contributed by atoms with van der Waals surface area (Å²) in [6, 6.07) is 0. The Balaban J connectivity index is 3.04. The van der Waals surface area contributed by atoms with Gasteiger partial charge in [0.25, 0.3) is 0 Å². The lowest BCUT2D eigenvalue weighted by atomic mass is 9.91. The fourth-order valence-electron chi connectivity index (χ4n) is 0.816. The maximum atomic E-state index is 9.94. The fourth-order valence-corrected chi connectivity index (χ4v) is 0.816. The molecule has 0 unspecified atom stereocenters. The van der Waals surface area contributed by atoms with Crippen LogP contribution in [0.2, 0.25) is 0 Å². The van der Waals surface area contributed by atoms with Crippen LogP contribution in [0.3, 0.4) is 0 Å². The lowest BCUT2D eigenvalue weighted by Crippen LogP contribution is -2.17. The van der Waals surface area contributed by atoms with E-state index in [2.05, 4.69) is 26.1 Å². The number of hydrogen-bond acceptors (Lipinski definition) is 1. The molecule has 1 radical (unpaired) electrons. The highest BCUT2D eigenvalue weighted by atomic mass is 16.3. The van der Waals surface area contributed by atoms with Crippen molar-refractivity contribution in [3.05, 3.63) is 0 Å². The third kappa shape index (κ3) is 7.92. The van der Waals surface area contributed by atoms with Gasteiger partial charge in [-0.1, -0.05) is 20.8 Å². The summed E-state index contributed by atoms with van der Waals surface area (Å²) in [5.41, 5.74) is 0.407. The van der Waals surface area contributed by atoms with Gasteiger partial charge in [0.2, 0.25) is 0 Å². The van der Waals surface area contributed by atoms with Gasteiger partial charge >= 0.3 is 0 Å². The summed E-state index contributed by atoms with van der Waals surface area (Å²) < 4.78 is 0. The van der Waals surface area contributed by atoms with Gasteiger partial charge in [-0.3, -0.25) is 5.32 Å². The summed E-state index contributed by atoms with van der Waals surface area (Å²) in [5.74, 6) is 0. The molecule has 1 N–H and O–H groups in total. The second kappa shape index (κ2) is 4.69. The Morgan fingerprint density at radius 2 is 1.90 bits per heavy atom. The molecule has 2 heteroatoms. The number of rotatable bonds is 4. The van der Waals surface area contributed by atoms with Gasteiger partial charge in [-0.05, 0) is 24.8 Å². The van der Waals surface area contributed by atoms with E-state index in [0.29, 0.717) is 5.41 Å². The van der Waals surface area contributed by atoms with E-state index in [0.717, 1.165) is 13.0 Å². The van der Waals surface area contributed by atoms with Gasteiger partial charge in [0, 0.05) is 0 Å². The monoisotopic (exact) mass is 144 g/mol. The number of nitrogens with one attached hydrogen (secondary N) is 1. The molecule has 0 fully saturated rings. The van der Waals surface area contributed by atoms with Crippen LogP contribution < -0.4 is 5.32 Å². The van der Waals surface area contributed by atoms with Crippen molar-refractivity contribution >= 4 is 0 Å². The Morgan fingerprint density at radius 1 is 1.30 bits per heavy atom. The van der Waals surface area contributed by atoms with E-state index in [4.69, 9.17) is 0 Å². The fraction of sp³-hybridized carbons (Fsp3) is 1.00. The van der Waals surface area contributed by atoms with Crippen LogP contribution in [-0.2, 0) is 5.11 Å². The third-order valence-corrected chi connectivity index (χ3v) is 1.38. The van der Waals surface area contributed by atoms with Crippen LogP contribution in [0, 0.1) is 5.41 Å². The van der Waals surface area contributed by atoms with Crippen LogP contribution in [0.25, 0.3) is 0 Å². The van der Waals surface area contributed by atoms with E-state index < -0.39 is 0 Å². The van der Waals surface area contributed by atoms with E-state index >= 15 is 0 Å². The molecule has 2 nitrogen and oxygen atoms in total. The van der Waals surface area contributed by atoms with Gasteiger partial charge < -0.3 is 0 Å². The normalized spacial score (nSPS) is 12.0. The largest absolute Gasteiger partial charge is 0.292 e. The predicted molar refractivity (Wildman–Crippen MR) is 42.2 cm³/mol. The molecule has 10 heavy (non-hydrogen) atoms. The molecule has 0 aliphatic heterocycles. The zero-order valence-corrected chi connectivity index (χ0v) is 7.24. The molecule has 0 aliphatic carbocycles. The smallest absolute Gasteiger partial charge is 0.133 e. The van der Waals surface area contributed by atoms with Gasteiger partial charge in [-0.15, -0.1) is 0 Å². The summed E-state index contributed by atoms with van der Waals surface area (Å²) in [7, 11) is 0. The van der Waals surface area contributed by atoms with Crippen molar-refractivity contribution < 1.29 is 5.11 Å². The highest BCUT2D eigenvalue weighted by molar-refractivity contribution is 4.61. The van der Waals surface area contributed by atoms with Crippen molar-refractivity contribution in [2.45, 2.75) is 33.6 Å². The average Bonchev–Trinajstić information content (AvgIpc) is 1.78. The lowest BCUT2D eigenvalue weighted by molar-refractivity contribution is 0.166. The predicted octanol–water partition coefficient (Wildman–Crippen LogP) is 1.79.